The molecule has 4 nitrogen and oxygen atoms in total. The van der Waals surface area contributed by atoms with Gasteiger partial charge in [0.1, 0.15) is 0 Å². The Morgan fingerprint density at radius 3 is 2.44 bits per heavy atom. The summed E-state index contributed by atoms with van der Waals surface area (Å²) in [5.41, 5.74) is 2.18. The van der Waals surface area contributed by atoms with Crippen molar-refractivity contribution in [3.63, 3.8) is 0 Å². The van der Waals surface area contributed by atoms with E-state index in [0.29, 0.717) is 12.1 Å². The monoisotopic (exact) mass is 246 g/mol. The predicted octanol–water partition coefficient (Wildman–Crippen LogP) is 2.48. The van der Waals surface area contributed by atoms with E-state index in [0.717, 1.165) is 24.3 Å². The molecule has 0 aliphatic carbocycles. The normalized spacial score (nSPS) is 11.1. The van der Waals surface area contributed by atoms with Crippen molar-refractivity contribution in [2.45, 2.75) is 20.4 Å². The maximum atomic E-state index is 11.8. The van der Waals surface area contributed by atoms with Crippen LogP contribution in [0, 0.1) is 0 Å². The van der Waals surface area contributed by atoms with Gasteiger partial charge >= 0.3 is 5.63 Å². The minimum Gasteiger partial charge on any atom is -0.338 e. The van der Waals surface area contributed by atoms with Crippen molar-refractivity contribution < 1.29 is 4.52 Å². The molecule has 1 aromatic heterocycles. The zero-order chi connectivity index (χ0) is 13.0. The molecule has 96 valence electrons. The Hall–Kier alpha value is -1.81. The highest BCUT2D eigenvalue weighted by atomic mass is 16.5. The van der Waals surface area contributed by atoms with Crippen molar-refractivity contribution in [1.29, 1.82) is 0 Å². The smallest absolute Gasteiger partial charge is 0.338 e. The second-order valence-electron chi connectivity index (χ2n) is 4.17. The number of aromatic nitrogens is 1. The minimum absolute atomic E-state index is 0.277. The van der Waals surface area contributed by atoms with Crippen molar-refractivity contribution in [3.8, 4) is 11.3 Å². The topological polar surface area (TPSA) is 49.2 Å². The molecule has 1 aromatic carbocycles. The van der Waals surface area contributed by atoms with Crippen LogP contribution in [0.4, 0.5) is 0 Å². The Balaban J connectivity index is 2.36. The molecule has 18 heavy (non-hydrogen) atoms. The highest BCUT2D eigenvalue weighted by Gasteiger charge is 2.15. The van der Waals surface area contributed by atoms with Crippen LogP contribution in [0.25, 0.3) is 11.3 Å². The second kappa shape index (κ2) is 5.69. The van der Waals surface area contributed by atoms with Crippen LogP contribution in [0.1, 0.15) is 19.4 Å². The average molecular weight is 246 g/mol. The fourth-order valence-corrected chi connectivity index (χ4v) is 1.98. The van der Waals surface area contributed by atoms with Crippen molar-refractivity contribution in [3.05, 3.63) is 46.3 Å². The number of hydrogen-bond donors (Lipinski definition) is 1. The Kier molecular flexibility index (Phi) is 3.99. The molecular weight excluding hydrogens is 228 g/mol. The van der Waals surface area contributed by atoms with Gasteiger partial charge in [-0.3, -0.25) is 4.90 Å². The molecule has 0 radical (unpaired) electrons. The van der Waals surface area contributed by atoms with E-state index in [9.17, 15) is 4.79 Å². The van der Waals surface area contributed by atoms with E-state index in [2.05, 4.69) is 23.9 Å². The van der Waals surface area contributed by atoms with Crippen molar-refractivity contribution in [1.82, 2.24) is 10.1 Å². The summed E-state index contributed by atoms with van der Waals surface area (Å²) in [6.07, 6.45) is 0. The third kappa shape index (κ3) is 2.54. The lowest BCUT2D eigenvalue weighted by molar-refractivity contribution is 0.292. The van der Waals surface area contributed by atoms with Crippen LogP contribution in [0.2, 0.25) is 0 Å². The molecule has 2 aromatic rings. The van der Waals surface area contributed by atoms with E-state index >= 15 is 0 Å². The lowest BCUT2D eigenvalue weighted by Gasteiger charge is -2.16. The maximum absolute atomic E-state index is 11.8. The van der Waals surface area contributed by atoms with Crippen LogP contribution in [0.15, 0.2) is 39.6 Å². The molecule has 0 unspecified atom stereocenters. The number of rotatable bonds is 5. The third-order valence-corrected chi connectivity index (χ3v) is 3.13. The van der Waals surface area contributed by atoms with Gasteiger partial charge in [0.05, 0.1) is 11.3 Å². The van der Waals surface area contributed by atoms with E-state index < -0.39 is 0 Å². The van der Waals surface area contributed by atoms with Crippen LogP contribution in [0.5, 0.6) is 0 Å². The van der Waals surface area contributed by atoms with Gasteiger partial charge in [-0.25, -0.2) is 9.95 Å². The number of H-pyrrole nitrogens is 1. The fourth-order valence-electron chi connectivity index (χ4n) is 1.98. The molecule has 0 spiro atoms. The zero-order valence-electron chi connectivity index (χ0n) is 10.8. The standard InChI is InChI=1S/C14H18N2O2/c1-3-16(4-2)10-12-13(15-18-14(12)17)11-8-6-5-7-9-11/h5-9,15H,3-4,10H2,1-2H3. The average Bonchev–Trinajstić information content (AvgIpc) is 2.78. The van der Waals surface area contributed by atoms with Crippen molar-refractivity contribution >= 4 is 0 Å². The first kappa shape index (κ1) is 12.6. The van der Waals surface area contributed by atoms with Gasteiger partial charge in [-0.15, -0.1) is 0 Å². The third-order valence-electron chi connectivity index (χ3n) is 3.13. The van der Waals surface area contributed by atoms with Crippen LogP contribution in [-0.2, 0) is 6.54 Å². The molecule has 0 bridgehead atoms. The number of aromatic amines is 1. The minimum atomic E-state index is -0.277. The molecule has 0 saturated heterocycles. The molecular formula is C14H18N2O2. The largest absolute Gasteiger partial charge is 0.362 e. The van der Waals surface area contributed by atoms with Gasteiger partial charge in [-0.2, -0.15) is 0 Å². The SMILES string of the molecule is CCN(CC)Cc1c(-c2ccccc2)[nH]oc1=O. The molecule has 1 N–H and O–H groups in total. The van der Waals surface area contributed by atoms with Gasteiger partial charge in [-0.05, 0) is 13.1 Å². The predicted molar refractivity (Wildman–Crippen MR) is 71.4 cm³/mol. The van der Waals surface area contributed by atoms with E-state index in [4.69, 9.17) is 4.52 Å². The summed E-state index contributed by atoms with van der Waals surface area (Å²) in [4.78, 5) is 13.9. The highest BCUT2D eigenvalue weighted by molar-refractivity contribution is 5.61. The first-order chi connectivity index (χ1) is 8.76. The molecule has 0 saturated carbocycles. The zero-order valence-corrected chi connectivity index (χ0v) is 10.8. The van der Waals surface area contributed by atoms with Crippen LogP contribution in [-0.4, -0.2) is 23.1 Å². The lowest BCUT2D eigenvalue weighted by atomic mass is 10.1. The van der Waals surface area contributed by atoms with Gasteiger partial charge < -0.3 is 4.52 Å². The number of benzene rings is 1. The number of nitrogens with zero attached hydrogens (tertiary/aromatic N) is 1. The summed E-state index contributed by atoms with van der Waals surface area (Å²) >= 11 is 0. The van der Waals surface area contributed by atoms with Gasteiger partial charge in [-0.1, -0.05) is 44.2 Å². The molecule has 4 heteroatoms. The van der Waals surface area contributed by atoms with Gasteiger partial charge in [0.15, 0.2) is 0 Å². The van der Waals surface area contributed by atoms with Crippen molar-refractivity contribution in [2.24, 2.45) is 0 Å². The molecule has 0 atom stereocenters. The van der Waals surface area contributed by atoms with Crippen LogP contribution >= 0.6 is 0 Å². The summed E-state index contributed by atoms with van der Waals surface area (Å²) in [6, 6.07) is 9.77. The Bertz CT molecular complexity index is 538. The molecule has 0 amide bonds. The van der Waals surface area contributed by atoms with Crippen LogP contribution in [0.3, 0.4) is 0 Å². The van der Waals surface area contributed by atoms with Gasteiger partial charge in [0, 0.05) is 12.1 Å². The molecule has 0 aliphatic rings. The highest BCUT2D eigenvalue weighted by Crippen LogP contribution is 2.20. The Morgan fingerprint density at radius 1 is 1.17 bits per heavy atom. The van der Waals surface area contributed by atoms with E-state index in [-0.39, 0.29) is 5.63 Å². The Labute approximate surface area is 106 Å². The quantitative estimate of drug-likeness (QED) is 0.881. The van der Waals surface area contributed by atoms with Crippen LogP contribution < -0.4 is 5.63 Å². The molecule has 2 rings (SSSR count). The maximum Gasteiger partial charge on any atom is 0.362 e. The summed E-state index contributed by atoms with van der Waals surface area (Å²) < 4.78 is 4.93. The van der Waals surface area contributed by atoms with E-state index in [1.807, 2.05) is 30.3 Å². The molecule has 0 aliphatic heterocycles. The summed E-state index contributed by atoms with van der Waals surface area (Å²) in [5, 5.41) is 2.73. The second-order valence-corrected chi connectivity index (χ2v) is 4.17. The summed E-state index contributed by atoms with van der Waals surface area (Å²) in [5.74, 6) is 0. The number of hydrogen-bond acceptors (Lipinski definition) is 3. The summed E-state index contributed by atoms with van der Waals surface area (Å²) in [6.45, 7) is 6.60. The van der Waals surface area contributed by atoms with Gasteiger partial charge in [0.25, 0.3) is 0 Å². The van der Waals surface area contributed by atoms with Crippen molar-refractivity contribution in [2.75, 3.05) is 13.1 Å². The first-order valence-corrected chi connectivity index (χ1v) is 6.24. The molecule has 1 heterocycles. The summed E-state index contributed by atoms with van der Waals surface area (Å²) in [7, 11) is 0. The van der Waals surface area contributed by atoms with E-state index in [1.165, 1.54) is 0 Å². The first-order valence-electron chi connectivity index (χ1n) is 6.24. The molecule has 0 fully saturated rings. The number of nitrogens with one attached hydrogen (secondary N) is 1. The Morgan fingerprint density at radius 2 is 1.83 bits per heavy atom. The van der Waals surface area contributed by atoms with Gasteiger partial charge in [0.2, 0.25) is 0 Å². The van der Waals surface area contributed by atoms with E-state index in [1.54, 1.807) is 0 Å². The fraction of sp³-hybridized carbons (Fsp3) is 0.357. The lowest BCUT2D eigenvalue weighted by Crippen LogP contribution is -2.24.